The molecule has 0 bridgehead atoms. The summed E-state index contributed by atoms with van der Waals surface area (Å²) in [7, 11) is 0. The zero-order chi connectivity index (χ0) is 17.6. The van der Waals surface area contributed by atoms with E-state index in [4.69, 9.17) is 33.1 Å². The number of carbonyl (C=O) groups is 2. The molecule has 1 rings (SSSR count). The summed E-state index contributed by atoms with van der Waals surface area (Å²) >= 11 is 0. The van der Waals surface area contributed by atoms with Crippen LogP contribution in [0, 0.1) is 0 Å². The number of carboxylic acid groups (broad SMARTS) is 2. The van der Waals surface area contributed by atoms with Crippen LogP contribution in [0.2, 0.25) is 0 Å². The number of aliphatic imine (C=N–C) groups is 1. The summed E-state index contributed by atoms with van der Waals surface area (Å²) in [5.74, 6) is -2.42. The number of imidazole rings is 1. The Bertz CT molecular complexity index is 582. The van der Waals surface area contributed by atoms with Gasteiger partial charge in [0, 0.05) is 12.6 Å². The molecule has 1 aromatic rings. The topological polar surface area (TPSA) is 209 Å². The number of aromatic nitrogens is 2. The van der Waals surface area contributed by atoms with Gasteiger partial charge in [0.15, 0.2) is 5.96 Å². The Kier molecular flexibility index (Phi) is 6.48. The molecule has 0 spiro atoms. The van der Waals surface area contributed by atoms with Crippen molar-refractivity contribution in [3.63, 3.8) is 0 Å². The highest BCUT2D eigenvalue weighted by atomic mass is 16.4. The van der Waals surface area contributed by atoms with Gasteiger partial charge in [0.25, 0.3) is 0 Å². The standard InChI is InChI=1S/C12H21N7O4/c13-7(10(20)21)1-2-9(18-12(15)16)19-4-6(17-5-19)3-8(14)11(22)23/h4-5,7-9H,1-3,13-14H2,(H,20,21)(H,22,23)(H4,15,16,18)/t7-,8-,9?/m0/s1. The summed E-state index contributed by atoms with van der Waals surface area (Å²) in [6.07, 6.45) is 2.86. The summed E-state index contributed by atoms with van der Waals surface area (Å²) in [5.41, 5.74) is 22.1. The zero-order valence-electron chi connectivity index (χ0n) is 12.4. The van der Waals surface area contributed by atoms with Crippen molar-refractivity contribution in [2.24, 2.45) is 27.9 Å². The summed E-state index contributed by atoms with van der Waals surface area (Å²) < 4.78 is 1.55. The van der Waals surface area contributed by atoms with Crippen LogP contribution in [-0.2, 0) is 16.0 Å². The van der Waals surface area contributed by atoms with Gasteiger partial charge in [0.2, 0.25) is 0 Å². The van der Waals surface area contributed by atoms with Crippen LogP contribution in [0.15, 0.2) is 17.5 Å². The summed E-state index contributed by atoms with van der Waals surface area (Å²) in [4.78, 5) is 29.6. The number of hydrogen-bond donors (Lipinski definition) is 6. The molecular weight excluding hydrogens is 306 g/mol. The molecule has 0 aliphatic heterocycles. The highest BCUT2D eigenvalue weighted by Crippen LogP contribution is 2.17. The van der Waals surface area contributed by atoms with Crippen molar-refractivity contribution in [3.05, 3.63) is 18.2 Å². The molecule has 1 aromatic heterocycles. The number of hydrogen-bond acceptors (Lipinski definition) is 6. The molecule has 0 aliphatic rings. The smallest absolute Gasteiger partial charge is 0.320 e. The van der Waals surface area contributed by atoms with Crippen LogP contribution in [0.3, 0.4) is 0 Å². The fraction of sp³-hybridized carbons (Fsp3) is 0.500. The lowest BCUT2D eigenvalue weighted by Gasteiger charge is -2.15. The van der Waals surface area contributed by atoms with Crippen LogP contribution < -0.4 is 22.9 Å². The average molecular weight is 327 g/mol. The van der Waals surface area contributed by atoms with E-state index < -0.39 is 30.2 Å². The first-order valence-corrected chi connectivity index (χ1v) is 6.78. The van der Waals surface area contributed by atoms with E-state index in [0.717, 1.165) is 0 Å². The molecule has 1 heterocycles. The van der Waals surface area contributed by atoms with Crippen LogP contribution in [0.5, 0.6) is 0 Å². The van der Waals surface area contributed by atoms with Gasteiger partial charge in [-0.05, 0) is 12.8 Å². The average Bonchev–Trinajstić information content (AvgIpc) is 2.90. The maximum absolute atomic E-state index is 10.8. The van der Waals surface area contributed by atoms with E-state index in [-0.39, 0.29) is 25.2 Å². The van der Waals surface area contributed by atoms with Gasteiger partial charge in [-0.1, -0.05) is 0 Å². The number of aliphatic carboxylic acids is 2. The van der Waals surface area contributed by atoms with E-state index in [0.29, 0.717) is 5.69 Å². The third kappa shape index (κ3) is 5.92. The van der Waals surface area contributed by atoms with Crippen molar-refractivity contribution in [1.82, 2.24) is 9.55 Å². The third-order valence-corrected chi connectivity index (χ3v) is 3.10. The number of nitrogens with two attached hydrogens (primary N) is 4. The zero-order valence-corrected chi connectivity index (χ0v) is 12.4. The lowest BCUT2D eigenvalue weighted by Crippen LogP contribution is -2.32. The second-order valence-corrected chi connectivity index (χ2v) is 5.02. The third-order valence-electron chi connectivity index (χ3n) is 3.10. The molecule has 1 unspecified atom stereocenters. The molecule has 0 aromatic carbocycles. The normalized spacial score (nSPS) is 14.7. The minimum Gasteiger partial charge on any atom is -0.480 e. The number of guanidine groups is 1. The van der Waals surface area contributed by atoms with E-state index >= 15 is 0 Å². The highest BCUT2D eigenvalue weighted by Gasteiger charge is 2.18. The second-order valence-electron chi connectivity index (χ2n) is 5.02. The van der Waals surface area contributed by atoms with Crippen molar-refractivity contribution in [2.75, 3.05) is 0 Å². The molecule has 10 N–H and O–H groups in total. The molecule has 0 aliphatic carbocycles. The fourth-order valence-electron chi connectivity index (χ4n) is 1.87. The Labute approximate surface area is 132 Å². The SMILES string of the molecule is NC(N)=NC(CC[C@H](N)C(=O)O)n1cnc(C[C@H](N)C(=O)O)c1. The Morgan fingerprint density at radius 2 is 1.78 bits per heavy atom. The monoisotopic (exact) mass is 327 g/mol. The van der Waals surface area contributed by atoms with E-state index in [1.54, 1.807) is 10.8 Å². The predicted molar refractivity (Wildman–Crippen MR) is 81.2 cm³/mol. The Morgan fingerprint density at radius 1 is 1.17 bits per heavy atom. The summed E-state index contributed by atoms with van der Waals surface area (Å²) in [5, 5.41) is 17.6. The summed E-state index contributed by atoms with van der Waals surface area (Å²) in [6.45, 7) is 0. The number of rotatable bonds is 9. The van der Waals surface area contributed by atoms with E-state index in [2.05, 4.69) is 9.98 Å². The Morgan fingerprint density at radius 3 is 2.30 bits per heavy atom. The second kappa shape index (κ2) is 8.10. The largest absolute Gasteiger partial charge is 0.480 e. The molecule has 0 saturated carbocycles. The molecule has 23 heavy (non-hydrogen) atoms. The molecule has 3 atom stereocenters. The van der Waals surface area contributed by atoms with E-state index in [9.17, 15) is 9.59 Å². The van der Waals surface area contributed by atoms with Crippen LogP contribution >= 0.6 is 0 Å². The fourth-order valence-corrected chi connectivity index (χ4v) is 1.87. The summed E-state index contributed by atoms with van der Waals surface area (Å²) in [6, 6.07) is -2.10. The van der Waals surface area contributed by atoms with Gasteiger partial charge in [-0.25, -0.2) is 9.98 Å². The van der Waals surface area contributed by atoms with Crippen LogP contribution in [0.25, 0.3) is 0 Å². The van der Waals surface area contributed by atoms with Crippen molar-refractivity contribution < 1.29 is 19.8 Å². The molecule has 11 nitrogen and oxygen atoms in total. The lowest BCUT2D eigenvalue weighted by molar-refractivity contribution is -0.139. The van der Waals surface area contributed by atoms with Gasteiger partial charge in [0.05, 0.1) is 12.0 Å². The Hall–Kier alpha value is -2.66. The highest BCUT2D eigenvalue weighted by molar-refractivity contribution is 5.76. The predicted octanol–water partition coefficient (Wildman–Crippen LogP) is -2.20. The van der Waals surface area contributed by atoms with Gasteiger partial charge in [-0.3, -0.25) is 9.59 Å². The van der Waals surface area contributed by atoms with Crippen LogP contribution in [-0.4, -0.2) is 49.7 Å². The molecule has 0 radical (unpaired) electrons. The van der Waals surface area contributed by atoms with Gasteiger partial charge >= 0.3 is 11.9 Å². The maximum Gasteiger partial charge on any atom is 0.320 e. The maximum atomic E-state index is 10.8. The molecular formula is C12H21N7O4. The number of carboxylic acids is 2. The van der Waals surface area contributed by atoms with E-state index in [1.165, 1.54) is 6.33 Å². The first-order chi connectivity index (χ1) is 10.7. The molecule has 0 amide bonds. The van der Waals surface area contributed by atoms with Crippen molar-refractivity contribution >= 4 is 17.9 Å². The van der Waals surface area contributed by atoms with Crippen LogP contribution in [0.1, 0.15) is 24.7 Å². The van der Waals surface area contributed by atoms with Crippen molar-refractivity contribution in [2.45, 2.75) is 37.5 Å². The molecule has 0 saturated heterocycles. The lowest BCUT2D eigenvalue weighted by atomic mass is 10.1. The number of nitrogens with zero attached hydrogens (tertiary/aromatic N) is 3. The van der Waals surface area contributed by atoms with Gasteiger partial charge in [0.1, 0.15) is 18.2 Å². The van der Waals surface area contributed by atoms with Crippen LogP contribution in [0.4, 0.5) is 0 Å². The minimum absolute atomic E-state index is 0.0471. The van der Waals surface area contributed by atoms with E-state index in [1.807, 2.05) is 0 Å². The first-order valence-electron chi connectivity index (χ1n) is 6.78. The minimum atomic E-state index is -1.13. The van der Waals surface area contributed by atoms with Gasteiger partial charge < -0.3 is 37.7 Å². The van der Waals surface area contributed by atoms with Crippen molar-refractivity contribution in [3.8, 4) is 0 Å². The van der Waals surface area contributed by atoms with Gasteiger partial charge in [-0.2, -0.15) is 0 Å². The first kappa shape index (κ1) is 18.4. The quantitative estimate of drug-likeness (QED) is 0.214. The van der Waals surface area contributed by atoms with Gasteiger partial charge in [-0.15, -0.1) is 0 Å². The molecule has 0 fully saturated rings. The Balaban J connectivity index is 2.83. The molecule has 11 heteroatoms. The van der Waals surface area contributed by atoms with Crippen molar-refractivity contribution in [1.29, 1.82) is 0 Å². The molecule has 128 valence electrons.